The Hall–Kier alpha value is -3.10. The summed E-state index contributed by atoms with van der Waals surface area (Å²) in [6, 6.07) is 13.5. The maximum absolute atomic E-state index is 12.2. The van der Waals surface area contributed by atoms with Crippen LogP contribution in [-0.2, 0) is 0 Å². The van der Waals surface area contributed by atoms with Crippen LogP contribution in [-0.4, -0.2) is 46.8 Å². The van der Waals surface area contributed by atoms with Crippen molar-refractivity contribution in [2.45, 2.75) is 59.3 Å². The molecule has 2 aromatic carbocycles. The third-order valence-electron chi connectivity index (χ3n) is 5.13. The van der Waals surface area contributed by atoms with Crippen molar-refractivity contribution in [1.29, 1.82) is 0 Å². The van der Waals surface area contributed by atoms with Gasteiger partial charge in [-0.2, -0.15) is 0 Å². The molecule has 188 valence electrons. The number of nitrogens with zero attached hydrogens (tertiary/aromatic N) is 1. The van der Waals surface area contributed by atoms with Gasteiger partial charge in [0, 0.05) is 30.8 Å². The summed E-state index contributed by atoms with van der Waals surface area (Å²) in [5.41, 5.74) is 6.50. The number of nitrogens with one attached hydrogen (secondary N) is 3. The second-order valence-electron chi connectivity index (χ2n) is 7.99. The first kappa shape index (κ1) is 28.9. The normalized spacial score (nSPS) is 10.0. The summed E-state index contributed by atoms with van der Waals surface area (Å²) < 4.78 is 0. The zero-order valence-electron chi connectivity index (χ0n) is 20.6. The van der Waals surface area contributed by atoms with Crippen molar-refractivity contribution in [3.63, 3.8) is 0 Å². The Morgan fingerprint density at radius 1 is 0.706 bits per heavy atom. The van der Waals surface area contributed by atoms with E-state index >= 15 is 0 Å². The summed E-state index contributed by atoms with van der Waals surface area (Å²) >= 11 is 0. The van der Waals surface area contributed by atoms with E-state index < -0.39 is 0 Å². The smallest absolute Gasteiger partial charge is 0.253 e. The van der Waals surface area contributed by atoms with E-state index in [0.717, 1.165) is 45.3 Å². The number of carbonyl (C=O) groups excluding carboxylic acids is 2. The minimum absolute atomic E-state index is 0.0539. The molecule has 34 heavy (non-hydrogen) atoms. The minimum Gasteiger partial charge on any atom is -0.352 e. The third-order valence-corrected chi connectivity index (χ3v) is 5.13. The lowest BCUT2D eigenvalue weighted by Gasteiger charge is -2.21. The first-order valence-electron chi connectivity index (χ1n) is 12.1. The molecule has 0 atom stereocenters. The van der Waals surface area contributed by atoms with Gasteiger partial charge in [-0.1, -0.05) is 40.0 Å². The summed E-state index contributed by atoms with van der Waals surface area (Å²) in [5.74, 6) is -0.0100. The zero-order valence-corrected chi connectivity index (χ0v) is 20.6. The second kappa shape index (κ2) is 17.4. The fourth-order valence-corrected chi connectivity index (χ4v) is 3.28. The molecule has 8 nitrogen and oxygen atoms in total. The monoisotopic (exact) mass is 472 g/mol. The number of anilines is 2. The van der Waals surface area contributed by atoms with E-state index in [2.05, 4.69) is 26.1 Å². The average molecular weight is 473 g/mol. The van der Waals surface area contributed by atoms with Gasteiger partial charge in [-0.3, -0.25) is 31.0 Å². The van der Waals surface area contributed by atoms with E-state index in [1.165, 1.54) is 12.8 Å². The van der Waals surface area contributed by atoms with Gasteiger partial charge in [0.05, 0.1) is 11.4 Å². The Balaban J connectivity index is 0.000000340. The molecule has 5 N–H and O–H groups in total. The highest BCUT2D eigenvalue weighted by atomic mass is 16.5. The Morgan fingerprint density at radius 2 is 1.21 bits per heavy atom. The van der Waals surface area contributed by atoms with E-state index in [0.29, 0.717) is 22.5 Å². The lowest BCUT2D eigenvalue weighted by molar-refractivity contribution is 0.0755. The molecule has 0 aliphatic carbocycles. The molecule has 0 saturated carbocycles. The predicted molar refractivity (Wildman–Crippen MR) is 137 cm³/mol. The quantitative estimate of drug-likeness (QED) is 0.193. The van der Waals surface area contributed by atoms with Crippen LogP contribution >= 0.6 is 0 Å². The van der Waals surface area contributed by atoms with Gasteiger partial charge in [0.15, 0.2) is 0 Å². The van der Waals surface area contributed by atoms with Crippen molar-refractivity contribution in [2.24, 2.45) is 0 Å². The van der Waals surface area contributed by atoms with E-state index in [1.54, 1.807) is 48.5 Å². The molecule has 0 heterocycles. The van der Waals surface area contributed by atoms with Crippen molar-refractivity contribution < 1.29 is 20.0 Å². The summed E-state index contributed by atoms with van der Waals surface area (Å²) in [5, 5.41) is 20.2. The first-order valence-corrected chi connectivity index (χ1v) is 12.1. The number of carbonyl (C=O) groups is 2. The Kier molecular flexibility index (Phi) is 14.8. The maximum Gasteiger partial charge on any atom is 0.253 e. The van der Waals surface area contributed by atoms with E-state index in [-0.39, 0.29) is 11.8 Å². The molecule has 0 bridgehead atoms. The maximum atomic E-state index is 12.2. The van der Waals surface area contributed by atoms with E-state index in [9.17, 15) is 9.59 Å². The molecular weight excluding hydrogens is 432 g/mol. The Morgan fingerprint density at radius 3 is 1.65 bits per heavy atom. The van der Waals surface area contributed by atoms with Gasteiger partial charge in [-0.25, -0.2) is 0 Å². The fourth-order valence-electron chi connectivity index (χ4n) is 3.28. The van der Waals surface area contributed by atoms with Crippen molar-refractivity contribution in [3.8, 4) is 0 Å². The predicted octanol–water partition coefficient (Wildman–Crippen LogP) is 5.55. The van der Waals surface area contributed by atoms with Crippen LogP contribution < -0.4 is 16.3 Å². The van der Waals surface area contributed by atoms with Gasteiger partial charge in [0.1, 0.15) is 0 Å². The molecule has 0 aliphatic heterocycles. The van der Waals surface area contributed by atoms with Crippen LogP contribution in [0.15, 0.2) is 48.5 Å². The number of unbranched alkanes of at least 4 members (excludes halogenated alkanes) is 3. The zero-order chi connectivity index (χ0) is 25.2. The third kappa shape index (κ3) is 10.7. The van der Waals surface area contributed by atoms with Gasteiger partial charge in [-0.05, 0) is 67.8 Å². The highest BCUT2D eigenvalue weighted by Gasteiger charge is 2.13. The highest BCUT2D eigenvalue weighted by Crippen LogP contribution is 2.12. The summed E-state index contributed by atoms with van der Waals surface area (Å²) in [6.45, 7) is 8.58. The highest BCUT2D eigenvalue weighted by molar-refractivity contribution is 5.95. The molecule has 0 aliphatic rings. The average Bonchev–Trinajstić information content (AvgIpc) is 2.88. The van der Waals surface area contributed by atoms with Crippen LogP contribution in [0, 0.1) is 0 Å². The number of amides is 2. The van der Waals surface area contributed by atoms with Crippen molar-refractivity contribution in [2.75, 3.05) is 30.6 Å². The largest absolute Gasteiger partial charge is 0.352 e. The lowest BCUT2D eigenvalue weighted by Crippen LogP contribution is -2.32. The van der Waals surface area contributed by atoms with E-state index in [4.69, 9.17) is 10.4 Å². The number of benzene rings is 2. The van der Waals surface area contributed by atoms with Crippen LogP contribution in [0.3, 0.4) is 0 Å². The van der Waals surface area contributed by atoms with Gasteiger partial charge in [-0.15, -0.1) is 0 Å². The molecule has 0 fully saturated rings. The standard InChI is InChI=1S/2C13H20N2O2/c1-3-9-15(10-4-2)13(16)11-5-7-12(14-17)8-6-11;1-2-3-4-5-10-14-13(16)11-6-8-12(15-17)9-7-11/h5-8,14,17H,3-4,9-10H2,1-2H3;6-9,15,17H,2-5,10H2,1H3,(H,14,16). The van der Waals surface area contributed by atoms with Gasteiger partial charge in [0.2, 0.25) is 0 Å². The summed E-state index contributed by atoms with van der Waals surface area (Å²) in [7, 11) is 0. The number of hydrogen-bond acceptors (Lipinski definition) is 6. The molecule has 0 unspecified atom stereocenters. The molecule has 8 heteroatoms. The number of rotatable bonds is 13. The summed E-state index contributed by atoms with van der Waals surface area (Å²) in [6.07, 6.45) is 6.51. The molecule has 2 aromatic rings. The first-order chi connectivity index (χ1) is 16.5. The van der Waals surface area contributed by atoms with Crippen LogP contribution in [0.25, 0.3) is 0 Å². The van der Waals surface area contributed by atoms with Crippen LogP contribution in [0.5, 0.6) is 0 Å². The Labute approximate surface area is 203 Å². The molecule has 2 amide bonds. The minimum atomic E-state index is -0.0639. The fraction of sp³-hybridized carbons (Fsp3) is 0.462. The SMILES string of the molecule is CCCCCCNC(=O)c1ccc(NO)cc1.CCCN(CCC)C(=O)c1ccc(NO)cc1. The Bertz CT molecular complexity index is 820. The van der Waals surface area contributed by atoms with Gasteiger partial charge >= 0.3 is 0 Å². The van der Waals surface area contributed by atoms with Crippen LogP contribution in [0.4, 0.5) is 11.4 Å². The van der Waals surface area contributed by atoms with Crippen LogP contribution in [0.2, 0.25) is 0 Å². The van der Waals surface area contributed by atoms with E-state index in [1.807, 2.05) is 15.9 Å². The topological polar surface area (TPSA) is 114 Å². The van der Waals surface area contributed by atoms with Crippen molar-refractivity contribution >= 4 is 23.2 Å². The molecule has 0 saturated heterocycles. The molecule has 0 radical (unpaired) electrons. The molecule has 0 aromatic heterocycles. The molecule has 0 spiro atoms. The van der Waals surface area contributed by atoms with Crippen molar-refractivity contribution in [1.82, 2.24) is 10.2 Å². The summed E-state index contributed by atoms with van der Waals surface area (Å²) in [4.78, 5) is 25.7. The lowest BCUT2D eigenvalue weighted by atomic mass is 10.1. The van der Waals surface area contributed by atoms with Gasteiger partial charge < -0.3 is 10.2 Å². The molecular formula is C26H40N4O4. The number of hydrogen-bond donors (Lipinski definition) is 5. The van der Waals surface area contributed by atoms with Crippen LogP contribution in [0.1, 0.15) is 80.0 Å². The molecule has 2 rings (SSSR count). The second-order valence-corrected chi connectivity index (χ2v) is 7.99. The van der Waals surface area contributed by atoms with Crippen molar-refractivity contribution in [3.05, 3.63) is 59.7 Å². The van der Waals surface area contributed by atoms with Gasteiger partial charge in [0.25, 0.3) is 11.8 Å².